The summed E-state index contributed by atoms with van der Waals surface area (Å²) in [5, 5.41) is 1.17. The largest absolute Gasteiger partial charge is 4.00 e. The molecule has 0 aromatic heterocycles. The molecular formula is C2H5AlCl5Ti. The standard InChI is InChI=1S/C2H5.Al.5ClH.Ti/c1-2;;;;;;;/h1H2,2H3;;5*1H;/q;+1;;;;;;+4/p-5. The molecule has 7 heteroatoms. The fourth-order valence-corrected chi connectivity index (χ4v) is 0. The molecule has 0 aromatic rings. The SMILES string of the molecule is C[CH2][Al+].[Cl-].[Cl-].[Cl-].[Cl-].[Cl-].[Ti+4]. The van der Waals surface area contributed by atoms with Crippen molar-refractivity contribution >= 4 is 16.3 Å². The van der Waals surface area contributed by atoms with E-state index in [0.717, 1.165) is 0 Å². The Labute approximate surface area is 111 Å². The number of rotatable bonds is 0. The molecule has 0 spiro atoms. The normalized spacial score (nSPS) is 1.78. The molecule has 0 heterocycles. The Kier molecular flexibility index (Phi) is 496. The van der Waals surface area contributed by atoms with Crippen LogP contribution in [-0.2, 0) is 21.7 Å². The molecule has 0 aliphatic rings. The van der Waals surface area contributed by atoms with Gasteiger partial charge in [0.2, 0.25) is 0 Å². The van der Waals surface area contributed by atoms with E-state index in [2.05, 4.69) is 23.2 Å². The molecule has 0 saturated carbocycles. The number of halogens is 5. The third kappa shape index (κ3) is 111. The Balaban J connectivity index is -0.00000000133. The zero-order chi connectivity index (χ0) is 2.71. The maximum absolute atomic E-state index is 2.58. The predicted molar refractivity (Wildman–Crippen MR) is 16.2 cm³/mol. The van der Waals surface area contributed by atoms with Gasteiger partial charge in [-0.2, -0.15) is 0 Å². The van der Waals surface area contributed by atoms with Crippen LogP contribution in [0.25, 0.3) is 0 Å². The summed E-state index contributed by atoms with van der Waals surface area (Å²) in [5.41, 5.74) is 0. The molecule has 0 nitrogen and oxygen atoms in total. The summed E-state index contributed by atoms with van der Waals surface area (Å²) >= 11 is 2.58. The topological polar surface area (TPSA) is 0 Å². The third-order valence-electron chi connectivity index (χ3n) is 0. The molecule has 0 rings (SSSR count). The van der Waals surface area contributed by atoms with Crippen LogP contribution in [0.2, 0.25) is 5.28 Å². The Morgan fingerprint density at radius 1 is 0.889 bits per heavy atom. The maximum Gasteiger partial charge on any atom is 4.00 e. The summed E-state index contributed by atoms with van der Waals surface area (Å²) in [6, 6.07) is 0. The Bertz CT molecular complexity index is 14.9. The minimum atomic E-state index is 0. The molecule has 0 bridgehead atoms. The van der Waals surface area contributed by atoms with Crippen molar-refractivity contribution < 1.29 is 83.8 Å². The van der Waals surface area contributed by atoms with E-state index >= 15 is 0 Å². The van der Waals surface area contributed by atoms with Gasteiger partial charge in [0.15, 0.2) is 0 Å². The minimum Gasteiger partial charge on any atom is -1.00 e. The van der Waals surface area contributed by atoms with Crippen LogP contribution in [0.1, 0.15) is 6.92 Å². The molecular weight excluding hydrogens is 276 g/mol. The van der Waals surface area contributed by atoms with Crippen molar-refractivity contribution in [3.05, 3.63) is 0 Å². The van der Waals surface area contributed by atoms with Gasteiger partial charge in [0.1, 0.15) is 0 Å². The first-order chi connectivity index (χ1) is 1.41. The van der Waals surface area contributed by atoms with Gasteiger partial charge in [0.25, 0.3) is 0 Å². The minimum absolute atomic E-state index is 0. The van der Waals surface area contributed by atoms with Gasteiger partial charge in [0, 0.05) is 0 Å². The summed E-state index contributed by atoms with van der Waals surface area (Å²) in [5.74, 6) is 0. The van der Waals surface area contributed by atoms with Crippen LogP contribution < -0.4 is 62.0 Å². The van der Waals surface area contributed by atoms with Crippen molar-refractivity contribution in [3.63, 3.8) is 0 Å². The average Bonchev–Trinajstić information content (AvgIpc) is 0.918. The van der Waals surface area contributed by atoms with Crippen LogP contribution in [0, 0.1) is 0 Å². The molecule has 0 fully saturated rings. The molecule has 0 unspecified atom stereocenters. The quantitative estimate of drug-likeness (QED) is 0.387. The van der Waals surface area contributed by atoms with Gasteiger partial charge in [-0.15, -0.1) is 0 Å². The second-order valence-corrected chi connectivity index (χ2v) is 1.22. The van der Waals surface area contributed by atoms with Gasteiger partial charge in [-0.05, 0) is 0 Å². The Hall–Kier alpha value is 2.70. The van der Waals surface area contributed by atoms with Crippen molar-refractivity contribution in [2.45, 2.75) is 12.2 Å². The summed E-state index contributed by atoms with van der Waals surface area (Å²) < 4.78 is 0. The van der Waals surface area contributed by atoms with Crippen LogP contribution >= 0.6 is 0 Å². The van der Waals surface area contributed by atoms with Crippen molar-refractivity contribution in [2.24, 2.45) is 0 Å². The Morgan fingerprint density at radius 3 is 0.889 bits per heavy atom. The second-order valence-electron chi connectivity index (χ2n) is 0.408. The molecule has 0 aromatic carbocycles. The van der Waals surface area contributed by atoms with Crippen LogP contribution in [0.15, 0.2) is 0 Å². The van der Waals surface area contributed by atoms with Gasteiger partial charge >= 0.3 is 50.2 Å². The van der Waals surface area contributed by atoms with Gasteiger partial charge in [0.05, 0.1) is 0 Å². The number of hydrogen-bond acceptors (Lipinski definition) is 0. The first-order valence-electron chi connectivity index (χ1n) is 1.12. The van der Waals surface area contributed by atoms with Gasteiger partial charge in [-0.25, -0.2) is 0 Å². The van der Waals surface area contributed by atoms with Crippen LogP contribution in [0.4, 0.5) is 0 Å². The predicted octanol–water partition coefficient (Wildman–Crippen LogP) is -14.4. The smallest absolute Gasteiger partial charge is 1.00 e. The van der Waals surface area contributed by atoms with Crippen molar-refractivity contribution in [3.8, 4) is 0 Å². The molecule has 9 heavy (non-hydrogen) atoms. The third-order valence-corrected chi connectivity index (χ3v) is 0. The fraction of sp³-hybridized carbons (Fsp3) is 1.00. The summed E-state index contributed by atoms with van der Waals surface area (Å²) in [6.45, 7) is 2.09. The zero-order valence-electron chi connectivity index (χ0n) is 4.67. The summed E-state index contributed by atoms with van der Waals surface area (Å²) in [4.78, 5) is 0. The molecule has 0 saturated heterocycles. The van der Waals surface area contributed by atoms with Crippen molar-refractivity contribution in [1.29, 1.82) is 0 Å². The van der Waals surface area contributed by atoms with E-state index in [0.29, 0.717) is 0 Å². The molecule has 55 valence electrons. The van der Waals surface area contributed by atoms with Crippen molar-refractivity contribution in [2.75, 3.05) is 0 Å². The fourth-order valence-electron chi connectivity index (χ4n) is 0. The number of hydrogen-bond donors (Lipinski definition) is 0. The summed E-state index contributed by atoms with van der Waals surface area (Å²) in [7, 11) is 0. The molecule has 1 radical (unpaired) electrons. The Morgan fingerprint density at radius 2 is 0.889 bits per heavy atom. The van der Waals surface area contributed by atoms with Crippen LogP contribution in [0.5, 0.6) is 0 Å². The van der Waals surface area contributed by atoms with E-state index in [1.807, 2.05) is 0 Å². The van der Waals surface area contributed by atoms with E-state index in [1.54, 1.807) is 0 Å². The first kappa shape index (κ1) is 60.7. The molecule has 0 amide bonds. The monoisotopic (exact) mass is 279 g/mol. The van der Waals surface area contributed by atoms with Crippen molar-refractivity contribution in [1.82, 2.24) is 0 Å². The van der Waals surface area contributed by atoms with E-state index in [9.17, 15) is 0 Å². The van der Waals surface area contributed by atoms with E-state index in [1.165, 1.54) is 5.28 Å². The van der Waals surface area contributed by atoms with Crippen LogP contribution in [-0.4, -0.2) is 16.3 Å². The first-order valence-corrected chi connectivity index (χ1v) is 1.93. The molecule has 0 aliphatic carbocycles. The average molecular weight is 281 g/mol. The maximum atomic E-state index is 2.58. The second kappa shape index (κ2) is 73.6. The van der Waals surface area contributed by atoms with Gasteiger partial charge < -0.3 is 62.0 Å². The van der Waals surface area contributed by atoms with Gasteiger partial charge in [-0.3, -0.25) is 0 Å². The van der Waals surface area contributed by atoms with Gasteiger partial charge in [-0.1, -0.05) is 0 Å². The van der Waals surface area contributed by atoms with E-state index in [4.69, 9.17) is 0 Å². The van der Waals surface area contributed by atoms with E-state index < -0.39 is 0 Å². The van der Waals surface area contributed by atoms with Crippen LogP contribution in [0.3, 0.4) is 0 Å². The molecule has 0 aliphatic heterocycles. The molecule has 0 N–H and O–H groups in total. The zero-order valence-corrected chi connectivity index (χ0v) is 11.2. The molecule has 0 atom stereocenters. The summed E-state index contributed by atoms with van der Waals surface area (Å²) in [6.07, 6.45) is 0. The van der Waals surface area contributed by atoms with E-state index in [-0.39, 0.29) is 83.8 Å².